The van der Waals surface area contributed by atoms with Gasteiger partial charge < -0.3 is 10.6 Å². The topological polar surface area (TPSA) is 58.2 Å². The van der Waals surface area contributed by atoms with E-state index in [0.29, 0.717) is 17.9 Å². The van der Waals surface area contributed by atoms with Crippen LogP contribution >= 0.6 is 0 Å². The second-order valence-electron chi connectivity index (χ2n) is 5.62. The molecule has 0 aromatic heterocycles. The molecule has 0 saturated heterocycles. The van der Waals surface area contributed by atoms with Crippen LogP contribution in [0, 0.1) is 0 Å². The molecule has 19 heavy (non-hydrogen) atoms. The number of hydrogen-bond acceptors (Lipinski definition) is 4. The summed E-state index contributed by atoms with van der Waals surface area (Å²) in [7, 11) is 0. The van der Waals surface area contributed by atoms with E-state index in [1.165, 1.54) is 0 Å². The molecule has 2 aromatic carbocycles. The van der Waals surface area contributed by atoms with Crippen molar-refractivity contribution in [3.63, 3.8) is 0 Å². The summed E-state index contributed by atoms with van der Waals surface area (Å²) in [6.45, 7) is 6.38. The maximum absolute atomic E-state index is 11.6. The molecule has 2 rings (SSSR count). The molecule has 0 aliphatic carbocycles. The normalized spacial score (nSPS) is 11.5. The number of rotatable bonds is 4. The minimum absolute atomic E-state index is 0.245. The van der Waals surface area contributed by atoms with Crippen molar-refractivity contribution in [3.05, 3.63) is 56.3 Å². The highest BCUT2D eigenvalue weighted by Crippen LogP contribution is 2.19. The van der Waals surface area contributed by atoms with E-state index in [1.807, 2.05) is 51.1 Å². The SMILES string of the molecule is CC(C)(C)Nc1c(NCc2ccccc2)c(=O)c1=O. The third-order valence-corrected chi connectivity index (χ3v) is 2.72. The van der Waals surface area contributed by atoms with E-state index in [4.69, 9.17) is 0 Å². The van der Waals surface area contributed by atoms with Gasteiger partial charge in [0, 0.05) is 12.1 Å². The van der Waals surface area contributed by atoms with E-state index in [2.05, 4.69) is 10.6 Å². The third-order valence-electron chi connectivity index (χ3n) is 2.72. The Labute approximate surface area is 112 Å². The van der Waals surface area contributed by atoms with E-state index < -0.39 is 10.9 Å². The molecular formula is C15H18N2O2. The Kier molecular flexibility index (Phi) is 3.42. The average Bonchev–Trinajstić information content (AvgIpc) is 2.37. The molecule has 0 aliphatic heterocycles. The summed E-state index contributed by atoms with van der Waals surface area (Å²) >= 11 is 0. The molecule has 0 aliphatic rings. The Morgan fingerprint density at radius 3 is 2.11 bits per heavy atom. The fraction of sp³-hybridized carbons (Fsp3) is 0.333. The number of nitrogens with one attached hydrogen (secondary N) is 2. The van der Waals surface area contributed by atoms with Gasteiger partial charge in [-0.25, -0.2) is 0 Å². The zero-order valence-electron chi connectivity index (χ0n) is 11.4. The maximum atomic E-state index is 11.6. The Hall–Kier alpha value is -2.10. The highest BCUT2D eigenvalue weighted by Gasteiger charge is 2.24. The molecule has 100 valence electrons. The van der Waals surface area contributed by atoms with Gasteiger partial charge in [-0.3, -0.25) is 9.59 Å². The van der Waals surface area contributed by atoms with Crippen molar-refractivity contribution in [1.82, 2.24) is 0 Å². The molecular weight excluding hydrogens is 240 g/mol. The lowest BCUT2D eigenvalue weighted by molar-refractivity contribution is 0.632. The van der Waals surface area contributed by atoms with Crippen molar-refractivity contribution in [2.24, 2.45) is 0 Å². The van der Waals surface area contributed by atoms with Crippen LogP contribution in [-0.2, 0) is 6.54 Å². The smallest absolute Gasteiger partial charge is 0.253 e. The van der Waals surface area contributed by atoms with Gasteiger partial charge in [-0.1, -0.05) is 30.3 Å². The van der Waals surface area contributed by atoms with Gasteiger partial charge in [0.15, 0.2) is 0 Å². The van der Waals surface area contributed by atoms with E-state index >= 15 is 0 Å². The highest BCUT2D eigenvalue weighted by molar-refractivity contribution is 5.74. The van der Waals surface area contributed by atoms with Crippen LogP contribution < -0.4 is 21.5 Å². The van der Waals surface area contributed by atoms with E-state index in [9.17, 15) is 9.59 Å². The number of benzene rings is 1. The Morgan fingerprint density at radius 1 is 0.947 bits per heavy atom. The molecule has 0 bridgehead atoms. The largest absolute Gasteiger partial charge is 0.376 e. The second-order valence-corrected chi connectivity index (χ2v) is 5.62. The van der Waals surface area contributed by atoms with Gasteiger partial charge in [0.25, 0.3) is 10.9 Å². The summed E-state index contributed by atoms with van der Waals surface area (Å²) < 4.78 is 0. The fourth-order valence-electron chi connectivity index (χ4n) is 1.84. The Bertz CT molecular complexity index is 632. The molecule has 0 spiro atoms. The van der Waals surface area contributed by atoms with Crippen LogP contribution in [0.3, 0.4) is 0 Å². The van der Waals surface area contributed by atoms with Crippen molar-refractivity contribution in [1.29, 1.82) is 0 Å². The van der Waals surface area contributed by atoms with Crippen molar-refractivity contribution < 1.29 is 0 Å². The summed E-state index contributed by atoms with van der Waals surface area (Å²) in [5, 5.41) is 6.10. The summed E-state index contributed by atoms with van der Waals surface area (Å²) in [5.41, 5.74) is 0.730. The molecule has 0 atom stereocenters. The van der Waals surface area contributed by atoms with E-state index in [1.54, 1.807) is 0 Å². The molecule has 0 unspecified atom stereocenters. The van der Waals surface area contributed by atoms with Crippen LogP contribution in [0.5, 0.6) is 0 Å². The highest BCUT2D eigenvalue weighted by atomic mass is 16.2. The second kappa shape index (κ2) is 4.88. The van der Waals surface area contributed by atoms with Crippen molar-refractivity contribution in [2.75, 3.05) is 10.6 Å². The molecule has 0 heterocycles. The van der Waals surface area contributed by atoms with Gasteiger partial charge in [-0.05, 0) is 26.3 Å². The number of anilines is 2. The molecule has 2 N–H and O–H groups in total. The third kappa shape index (κ3) is 3.02. The lowest BCUT2D eigenvalue weighted by Gasteiger charge is -2.24. The first-order valence-electron chi connectivity index (χ1n) is 6.28. The van der Waals surface area contributed by atoms with Crippen molar-refractivity contribution in [2.45, 2.75) is 32.9 Å². The van der Waals surface area contributed by atoms with Gasteiger partial charge in [-0.2, -0.15) is 0 Å². The van der Waals surface area contributed by atoms with Gasteiger partial charge in [0.1, 0.15) is 11.4 Å². The van der Waals surface area contributed by atoms with Crippen LogP contribution in [-0.4, -0.2) is 5.54 Å². The summed E-state index contributed by atoms with van der Waals surface area (Å²) in [6.07, 6.45) is 0. The van der Waals surface area contributed by atoms with Crippen molar-refractivity contribution >= 4 is 11.4 Å². The summed E-state index contributed by atoms with van der Waals surface area (Å²) in [6, 6.07) is 9.75. The standard InChI is InChI=1S/C15H18N2O2/c1-15(2,3)17-12-11(13(18)14(12)19)16-9-10-7-5-4-6-8-10/h4-8,16-17H,9H2,1-3H3. The first kappa shape index (κ1) is 13.3. The van der Waals surface area contributed by atoms with E-state index in [-0.39, 0.29) is 5.54 Å². The molecule has 0 amide bonds. The van der Waals surface area contributed by atoms with Crippen LogP contribution in [0.4, 0.5) is 11.4 Å². The van der Waals surface area contributed by atoms with Gasteiger partial charge in [-0.15, -0.1) is 0 Å². The molecule has 0 saturated carbocycles. The predicted molar refractivity (Wildman–Crippen MR) is 78.5 cm³/mol. The minimum atomic E-state index is -0.442. The van der Waals surface area contributed by atoms with Crippen molar-refractivity contribution in [3.8, 4) is 0 Å². The fourth-order valence-corrected chi connectivity index (χ4v) is 1.84. The summed E-state index contributed by atoms with van der Waals surface area (Å²) in [4.78, 5) is 23.1. The molecule has 4 heteroatoms. The van der Waals surface area contributed by atoms with Crippen LogP contribution in [0.15, 0.2) is 39.9 Å². The predicted octanol–water partition coefficient (Wildman–Crippen LogP) is 2.11. The lowest BCUT2D eigenvalue weighted by atomic mass is 10.1. The van der Waals surface area contributed by atoms with Crippen LogP contribution in [0.1, 0.15) is 26.3 Å². The van der Waals surface area contributed by atoms with Crippen LogP contribution in [0.2, 0.25) is 0 Å². The average molecular weight is 258 g/mol. The Morgan fingerprint density at radius 2 is 1.53 bits per heavy atom. The lowest BCUT2D eigenvalue weighted by Crippen LogP contribution is -2.41. The molecule has 0 fully saturated rings. The summed E-state index contributed by atoms with van der Waals surface area (Å²) in [5.74, 6) is 0. The molecule has 2 aromatic rings. The van der Waals surface area contributed by atoms with Gasteiger partial charge in [0.2, 0.25) is 0 Å². The molecule has 0 radical (unpaired) electrons. The van der Waals surface area contributed by atoms with Gasteiger partial charge in [0.05, 0.1) is 0 Å². The van der Waals surface area contributed by atoms with Gasteiger partial charge >= 0.3 is 0 Å². The first-order chi connectivity index (χ1) is 8.88. The molecule has 4 nitrogen and oxygen atoms in total. The number of hydrogen-bond donors (Lipinski definition) is 2. The maximum Gasteiger partial charge on any atom is 0.253 e. The zero-order valence-corrected chi connectivity index (χ0v) is 11.4. The minimum Gasteiger partial charge on any atom is -0.376 e. The van der Waals surface area contributed by atoms with E-state index in [0.717, 1.165) is 5.56 Å². The monoisotopic (exact) mass is 258 g/mol. The first-order valence-corrected chi connectivity index (χ1v) is 6.28. The zero-order chi connectivity index (χ0) is 14.0. The van der Waals surface area contributed by atoms with Crippen LogP contribution in [0.25, 0.3) is 0 Å². The Balaban J connectivity index is 2.12. The quantitative estimate of drug-likeness (QED) is 0.825.